The van der Waals surface area contributed by atoms with Crippen LogP contribution in [0.15, 0.2) is 41.8 Å². The minimum Gasteiger partial charge on any atom is -0.355 e. The van der Waals surface area contributed by atoms with Gasteiger partial charge in [0.1, 0.15) is 12.4 Å². The number of nitrogens with zero attached hydrogens (tertiary/aromatic N) is 3. The van der Waals surface area contributed by atoms with Crippen LogP contribution in [0.2, 0.25) is 0 Å². The van der Waals surface area contributed by atoms with Crippen molar-refractivity contribution < 1.29 is 9.59 Å². The molecule has 0 saturated heterocycles. The molecule has 3 aromatic rings. The van der Waals surface area contributed by atoms with Crippen LogP contribution >= 0.6 is 23.1 Å². The van der Waals surface area contributed by atoms with Gasteiger partial charge in [-0.3, -0.25) is 14.5 Å². The van der Waals surface area contributed by atoms with Gasteiger partial charge in [0.2, 0.25) is 11.8 Å². The molecule has 0 radical (unpaired) electrons. The van der Waals surface area contributed by atoms with Crippen LogP contribution < -0.4 is 10.2 Å². The summed E-state index contributed by atoms with van der Waals surface area (Å²) in [5.74, 6) is 0.768. The number of carbonyl (C=O) groups is 2. The van der Waals surface area contributed by atoms with E-state index in [1.165, 1.54) is 4.88 Å². The first-order chi connectivity index (χ1) is 16.2. The molecule has 1 aromatic carbocycles. The van der Waals surface area contributed by atoms with Gasteiger partial charge in [0.25, 0.3) is 0 Å². The number of carbonyl (C=O) groups excluding carboxylic acids is 2. The first-order valence-electron chi connectivity index (χ1n) is 11.6. The van der Waals surface area contributed by atoms with Crippen molar-refractivity contribution in [2.45, 2.75) is 51.7 Å². The fraction of sp³-hybridized carbons (Fsp3) is 0.423. The van der Waals surface area contributed by atoms with E-state index in [4.69, 9.17) is 5.10 Å². The number of aromatic nitrogens is 2. The topological polar surface area (TPSA) is 67.2 Å². The normalized spacial score (nSPS) is 16.3. The number of hydrogen-bond acceptors (Lipinski definition) is 5. The van der Waals surface area contributed by atoms with Crippen molar-refractivity contribution in [3.05, 3.63) is 63.5 Å². The Morgan fingerprint density at radius 2 is 1.94 bits per heavy atom. The predicted octanol–water partition coefficient (Wildman–Crippen LogP) is 5.24. The average molecular weight is 497 g/mol. The molecular formula is C26H32N4O2S2. The highest BCUT2D eigenvalue weighted by Gasteiger charge is 2.40. The van der Waals surface area contributed by atoms with Gasteiger partial charge in [0.05, 0.1) is 22.4 Å². The third kappa shape index (κ3) is 4.93. The molecule has 1 atom stereocenters. The SMILES string of the molecule is CCCNC(=O)CN1C(=O)CS[C@@H](c2cccs2)c2c(C(C)(C)C)nn(-c3ccc(C)cc3)c21. The van der Waals surface area contributed by atoms with Gasteiger partial charge in [-0.2, -0.15) is 5.10 Å². The molecule has 0 aliphatic carbocycles. The Kier molecular flexibility index (Phi) is 7.19. The molecule has 180 valence electrons. The zero-order valence-electron chi connectivity index (χ0n) is 20.4. The summed E-state index contributed by atoms with van der Waals surface area (Å²) in [5.41, 5.74) is 3.75. The van der Waals surface area contributed by atoms with E-state index >= 15 is 0 Å². The third-order valence-corrected chi connectivity index (χ3v) is 8.08. The smallest absolute Gasteiger partial charge is 0.240 e. The molecule has 0 spiro atoms. The van der Waals surface area contributed by atoms with Crippen LogP contribution in [0.1, 0.15) is 61.1 Å². The molecule has 0 bridgehead atoms. The van der Waals surface area contributed by atoms with Crippen LogP contribution in [0.25, 0.3) is 5.69 Å². The second kappa shape index (κ2) is 9.96. The Labute approximate surface area is 209 Å². The summed E-state index contributed by atoms with van der Waals surface area (Å²) in [4.78, 5) is 29.1. The molecular weight excluding hydrogens is 464 g/mol. The number of nitrogens with one attached hydrogen (secondary N) is 1. The maximum absolute atomic E-state index is 13.5. The van der Waals surface area contributed by atoms with Gasteiger partial charge in [-0.15, -0.1) is 23.1 Å². The second-order valence-electron chi connectivity index (χ2n) is 9.62. The average Bonchev–Trinajstić information content (AvgIpc) is 3.43. The van der Waals surface area contributed by atoms with E-state index in [9.17, 15) is 9.59 Å². The third-order valence-electron chi connectivity index (χ3n) is 5.75. The molecule has 0 saturated carbocycles. The van der Waals surface area contributed by atoms with Gasteiger partial charge in [0, 0.05) is 22.4 Å². The van der Waals surface area contributed by atoms with Gasteiger partial charge >= 0.3 is 0 Å². The Morgan fingerprint density at radius 1 is 1.21 bits per heavy atom. The molecule has 8 heteroatoms. The minimum atomic E-state index is -0.250. The zero-order valence-corrected chi connectivity index (χ0v) is 22.1. The molecule has 2 aromatic heterocycles. The van der Waals surface area contributed by atoms with E-state index < -0.39 is 0 Å². The summed E-state index contributed by atoms with van der Waals surface area (Å²) >= 11 is 3.31. The van der Waals surface area contributed by atoms with E-state index in [0.717, 1.165) is 28.9 Å². The number of thioether (sulfide) groups is 1. The lowest BCUT2D eigenvalue weighted by Gasteiger charge is -2.24. The molecule has 0 fully saturated rings. The fourth-order valence-electron chi connectivity index (χ4n) is 4.07. The molecule has 4 rings (SSSR count). The van der Waals surface area contributed by atoms with Gasteiger partial charge in [-0.25, -0.2) is 4.68 Å². The molecule has 3 heterocycles. The highest BCUT2D eigenvalue weighted by molar-refractivity contribution is 8.00. The predicted molar refractivity (Wildman–Crippen MR) is 141 cm³/mol. The summed E-state index contributed by atoms with van der Waals surface area (Å²) in [6.45, 7) is 11.1. The van der Waals surface area contributed by atoms with Crippen molar-refractivity contribution >= 4 is 40.7 Å². The van der Waals surface area contributed by atoms with Crippen LogP contribution in [-0.4, -0.2) is 40.4 Å². The first-order valence-corrected chi connectivity index (χ1v) is 13.6. The Bertz CT molecular complexity index is 1160. The summed E-state index contributed by atoms with van der Waals surface area (Å²) < 4.78 is 1.87. The zero-order chi connectivity index (χ0) is 24.5. The number of rotatable bonds is 6. The summed E-state index contributed by atoms with van der Waals surface area (Å²) in [6, 6.07) is 12.3. The van der Waals surface area contributed by atoms with E-state index in [1.807, 2.05) is 48.9 Å². The number of benzene rings is 1. The van der Waals surface area contributed by atoms with Crippen molar-refractivity contribution in [2.75, 3.05) is 23.7 Å². The second-order valence-corrected chi connectivity index (χ2v) is 11.7. The monoisotopic (exact) mass is 496 g/mol. The van der Waals surface area contributed by atoms with Crippen LogP contribution in [0.3, 0.4) is 0 Å². The molecule has 1 aliphatic rings. The number of hydrogen-bond donors (Lipinski definition) is 1. The lowest BCUT2D eigenvalue weighted by molar-refractivity contribution is -0.122. The fourth-order valence-corrected chi connectivity index (χ4v) is 6.24. The van der Waals surface area contributed by atoms with Crippen molar-refractivity contribution in [1.82, 2.24) is 15.1 Å². The standard InChI is InChI=1S/C26H32N4O2S2/c1-6-13-27-20(31)15-29-21(32)16-34-23(19-8-7-14-33-19)22-24(26(3,4)5)28-30(25(22)29)18-11-9-17(2)10-12-18/h7-12,14,23H,6,13,15-16H2,1-5H3,(H,27,31)/t23-/m0/s1. The van der Waals surface area contributed by atoms with E-state index in [2.05, 4.69) is 37.5 Å². The lowest BCUT2D eigenvalue weighted by Crippen LogP contribution is -2.42. The van der Waals surface area contributed by atoms with E-state index in [0.29, 0.717) is 18.1 Å². The molecule has 6 nitrogen and oxygen atoms in total. The van der Waals surface area contributed by atoms with Gasteiger partial charge in [-0.1, -0.05) is 51.5 Å². The molecule has 0 unspecified atom stereocenters. The number of thiophene rings is 1. The van der Waals surface area contributed by atoms with Crippen molar-refractivity contribution in [2.24, 2.45) is 0 Å². The Hall–Kier alpha value is -2.58. The summed E-state index contributed by atoms with van der Waals surface area (Å²) in [7, 11) is 0. The van der Waals surface area contributed by atoms with Gasteiger partial charge in [0.15, 0.2) is 0 Å². The highest BCUT2D eigenvalue weighted by atomic mass is 32.2. The van der Waals surface area contributed by atoms with Crippen LogP contribution in [0, 0.1) is 6.92 Å². The number of fused-ring (bicyclic) bond motifs is 1. The van der Waals surface area contributed by atoms with E-state index in [-0.39, 0.29) is 29.0 Å². The van der Waals surface area contributed by atoms with Crippen molar-refractivity contribution in [1.29, 1.82) is 0 Å². The maximum Gasteiger partial charge on any atom is 0.240 e. The van der Waals surface area contributed by atoms with Crippen LogP contribution in [0.5, 0.6) is 0 Å². The molecule has 1 N–H and O–H groups in total. The number of amides is 2. The highest BCUT2D eigenvalue weighted by Crippen LogP contribution is 2.49. The van der Waals surface area contributed by atoms with Crippen LogP contribution in [-0.2, 0) is 15.0 Å². The number of aryl methyl sites for hydroxylation is 1. The van der Waals surface area contributed by atoms with Gasteiger partial charge < -0.3 is 5.32 Å². The lowest BCUT2D eigenvalue weighted by atomic mass is 9.88. The van der Waals surface area contributed by atoms with Gasteiger partial charge in [-0.05, 0) is 36.9 Å². The molecule has 1 aliphatic heterocycles. The molecule has 34 heavy (non-hydrogen) atoms. The van der Waals surface area contributed by atoms with Crippen molar-refractivity contribution in [3.8, 4) is 5.69 Å². The quantitative estimate of drug-likeness (QED) is 0.507. The maximum atomic E-state index is 13.5. The summed E-state index contributed by atoms with van der Waals surface area (Å²) in [5, 5.41) is 10.1. The van der Waals surface area contributed by atoms with Crippen LogP contribution in [0.4, 0.5) is 5.82 Å². The first kappa shape index (κ1) is 24.5. The number of anilines is 1. The Balaban J connectivity index is 1.97. The summed E-state index contributed by atoms with van der Waals surface area (Å²) in [6.07, 6.45) is 0.844. The molecule has 2 amide bonds. The Morgan fingerprint density at radius 3 is 2.56 bits per heavy atom. The largest absolute Gasteiger partial charge is 0.355 e. The van der Waals surface area contributed by atoms with E-state index in [1.54, 1.807) is 28.0 Å². The van der Waals surface area contributed by atoms with Crippen molar-refractivity contribution in [3.63, 3.8) is 0 Å². The minimum absolute atomic E-state index is 0.0231.